The van der Waals surface area contributed by atoms with Gasteiger partial charge in [-0.15, -0.1) is 0 Å². The Labute approximate surface area is 103 Å². The smallest absolute Gasteiger partial charge is 0.408 e. The number of amides is 1. The number of rotatable bonds is 3. The number of nitrogens with two attached hydrogens (primary N) is 1. The van der Waals surface area contributed by atoms with Gasteiger partial charge in [0.15, 0.2) is 0 Å². The summed E-state index contributed by atoms with van der Waals surface area (Å²) in [6.45, 7) is 8.62. The van der Waals surface area contributed by atoms with E-state index in [1.807, 2.05) is 27.7 Å². The number of hydrogen-bond donors (Lipinski definition) is 2. The van der Waals surface area contributed by atoms with E-state index in [1.54, 1.807) is 0 Å². The molecule has 5 nitrogen and oxygen atoms in total. The van der Waals surface area contributed by atoms with Crippen molar-refractivity contribution >= 4 is 6.09 Å². The SMILES string of the molecule is C[C@@H](N)CC1(NC(=O)OC(C)(C)C)CCOC1. The van der Waals surface area contributed by atoms with Crippen LogP contribution in [-0.2, 0) is 9.47 Å². The predicted molar refractivity (Wildman–Crippen MR) is 65.8 cm³/mol. The first-order valence-corrected chi connectivity index (χ1v) is 6.07. The van der Waals surface area contributed by atoms with E-state index in [2.05, 4.69) is 5.32 Å². The molecule has 5 heteroatoms. The van der Waals surface area contributed by atoms with E-state index in [9.17, 15) is 4.79 Å². The zero-order valence-corrected chi connectivity index (χ0v) is 11.2. The lowest BCUT2D eigenvalue weighted by Gasteiger charge is -2.31. The Morgan fingerprint density at radius 3 is 2.65 bits per heavy atom. The van der Waals surface area contributed by atoms with E-state index in [1.165, 1.54) is 0 Å². The predicted octanol–water partition coefficient (Wildman–Crippen LogP) is 1.41. The molecule has 0 radical (unpaired) electrons. The van der Waals surface area contributed by atoms with Crippen LogP contribution in [0.1, 0.15) is 40.5 Å². The highest BCUT2D eigenvalue weighted by atomic mass is 16.6. The molecule has 0 aromatic rings. The van der Waals surface area contributed by atoms with Crippen LogP contribution >= 0.6 is 0 Å². The van der Waals surface area contributed by atoms with Gasteiger partial charge in [0.25, 0.3) is 0 Å². The average Bonchev–Trinajstić information content (AvgIpc) is 2.47. The third kappa shape index (κ3) is 4.91. The van der Waals surface area contributed by atoms with Gasteiger partial charge in [-0.2, -0.15) is 0 Å². The Morgan fingerprint density at radius 2 is 2.24 bits per heavy atom. The van der Waals surface area contributed by atoms with Crippen LogP contribution in [0.4, 0.5) is 4.79 Å². The van der Waals surface area contributed by atoms with Crippen molar-refractivity contribution < 1.29 is 14.3 Å². The van der Waals surface area contributed by atoms with Crippen molar-refractivity contribution in [2.75, 3.05) is 13.2 Å². The van der Waals surface area contributed by atoms with Crippen LogP contribution in [0.3, 0.4) is 0 Å². The maximum atomic E-state index is 11.8. The van der Waals surface area contributed by atoms with Crippen molar-refractivity contribution in [1.82, 2.24) is 5.32 Å². The molecular weight excluding hydrogens is 220 g/mol. The molecule has 1 rings (SSSR count). The summed E-state index contributed by atoms with van der Waals surface area (Å²) < 4.78 is 10.6. The molecule has 1 aliphatic rings. The second kappa shape index (κ2) is 5.23. The number of hydrogen-bond acceptors (Lipinski definition) is 4. The van der Waals surface area contributed by atoms with Crippen molar-refractivity contribution in [2.45, 2.75) is 57.7 Å². The summed E-state index contributed by atoms with van der Waals surface area (Å²) >= 11 is 0. The number of nitrogens with one attached hydrogen (secondary N) is 1. The first-order chi connectivity index (χ1) is 7.72. The van der Waals surface area contributed by atoms with E-state index in [4.69, 9.17) is 15.2 Å². The summed E-state index contributed by atoms with van der Waals surface area (Å²) in [6, 6.07) is 0.0200. The molecule has 0 saturated carbocycles. The minimum atomic E-state index is -0.487. The Bertz CT molecular complexity index is 265. The molecule has 3 N–H and O–H groups in total. The molecule has 0 aromatic carbocycles. The highest BCUT2D eigenvalue weighted by Crippen LogP contribution is 2.24. The summed E-state index contributed by atoms with van der Waals surface area (Å²) in [5.41, 5.74) is 4.96. The highest BCUT2D eigenvalue weighted by molar-refractivity contribution is 5.68. The lowest BCUT2D eigenvalue weighted by molar-refractivity contribution is 0.0430. The molecule has 1 heterocycles. The normalized spacial score (nSPS) is 26.6. The molecule has 1 aliphatic heterocycles. The van der Waals surface area contributed by atoms with Crippen LogP contribution < -0.4 is 11.1 Å². The molecule has 1 saturated heterocycles. The van der Waals surface area contributed by atoms with E-state index >= 15 is 0 Å². The van der Waals surface area contributed by atoms with Crippen LogP contribution in [0.25, 0.3) is 0 Å². The quantitative estimate of drug-likeness (QED) is 0.787. The molecular formula is C12H24N2O3. The van der Waals surface area contributed by atoms with Gasteiger partial charge < -0.3 is 20.5 Å². The van der Waals surface area contributed by atoms with Crippen molar-refractivity contribution in [3.05, 3.63) is 0 Å². The molecule has 0 bridgehead atoms. The molecule has 0 aromatic heterocycles. The summed E-state index contributed by atoms with van der Waals surface area (Å²) in [7, 11) is 0. The zero-order valence-electron chi connectivity index (χ0n) is 11.2. The van der Waals surface area contributed by atoms with Gasteiger partial charge in [-0.3, -0.25) is 0 Å². The number of carbonyl (C=O) groups is 1. The highest BCUT2D eigenvalue weighted by Gasteiger charge is 2.38. The standard InChI is InChI=1S/C12H24N2O3/c1-9(13)7-12(5-6-16-8-12)14-10(15)17-11(2,3)4/h9H,5-8,13H2,1-4H3,(H,14,15)/t9-,12?/m1/s1. The zero-order chi connectivity index (χ0) is 13.1. The van der Waals surface area contributed by atoms with Gasteiger partial charge in [0, 0.05) is 12.6 Å². The van der Waals surface area contributed by atoms with Crippen LogP contribution in [0, 0.1) is 0 Å². The Hall–Kier alpha value is -0.810. The van der Waals surface area contributed by atoms with E-state index in [0.717, 1.165) is 6.42 Å². The molecule has 1 amide bonds. The molecule has 100 valence electrons. The fourth-order valence-corrected chi connectivity index (χ4v) is 2.05. The number of carbonyl (C=O) groups excluding carboxylic acids is 1. The second-order valence-corrected chi connectivity index (χ2v) is 5.89. The fourth-order valence-electron chi connectivity index (χ4n) is 2.05. The van der Waals surface area contributed by atoms with Crippen molar-refractivity contribution in [1.29, 1.82) is 0 Å². The fraction of sp³-hybridized carbons (Fsp3) is 0.917. The summed E-state index contributed by atoms with van der Waals surface area (Å²) in [6.07, 6.45) is 1.09. The molecule has 0 spiro atoms. The van der Waals surface area contributed by atoms with Gasteiger partial charge in [-0.05, 0) is 40.5 Å². The first-order valence-electron chi connectivity index (χ1n) is 6.07. The van der Waals surface area contributed by atoms with Crippen molar-refractivity contribution in [3.63, 3.8) is 0 Å². The van der Waals surface area contributed by atoms with E-state index in [-0.39, 0.29) is 11.6 Å². The van der Waals surface area contributed by atoms with E-state index < -0.39 is 11.7 Å². The number of ether oxygens (including phenoxy) is 2. The average molecular weight is 244 g/mol. The summed E-state index contributed by atoms with van der Waals surface area (Å²) in [5.74, 6) is 0. The molecule has 1 unspecified atom stereocenters. The number of alkyl carbamates (subject to hydrolysis) is 1. The Balaban J connectivity index is 2.58. The van der Waals surface area contributed by atoms with Gasteiger partial charge in [-0.25, -0.2) is 4.79 Å². The first kappa shape index (κ1) is 14.3. The van der Waals surface area contributed by atoms with Crippen LogP contribution in [0.15, 0.2) is 0 Å². The third-order valence-corrected chi connectivity index (χ3v) is 2.58. The van der Waals surface area contributed by atoms with Crippen LogP contribution in [0.2, 0.25) is 0 Å². The second-order valence-electron chi connectivity index (χ2n) is 5.89. The maximum Gasteiger partial charge on any atom is 0.408 e. The molecule has 2 atom stereocenters. The lowest BCUT2D eigenvalue weighted by atomic mass is 9.91. The molecule has 1 fully saturated rings. The van der Waals surface area contributed by atoms with E-state index in [0.29, 0.717) is 19.6 Å². The van der Waals surface area contributed by atoms with Gasteiger partial charge in [0.05, 0.1) is 12.1 Å². The van der Waals surface area contributed by atoms with Crippen molar-refractivity contribution in [3.8, 4) is 0 Å². The summed E-state index contributed by atoms with van der Waals surface area (Å²) in [4.78, 5) is 11.8. The van der Waals surface area contributed by atoms with Gasteiger partial charge in [0.1, 0.15) is 5.60 Å². The largest absolute Gasteiger partial charge is 0.444 e. The minimum absolute atomic E-state index is 0.0200. The topological polar surface area (TPSA) is 73.6 Å². The molecule has 0 aliphatic carbocycles. The minimum Gasteiger partial charge on any atom is -0.444 e. The van der Waals surface area contributed by atoms with Crippen molar-refractivity contribution in [2.24, 2.45) is 5.73 Å². The lowest BCUT2D eigenvalue weighted by Crippen LogP contribution is -2.53. The third-order valence-electron chi connectivity index (χ3n) is 2.58. The Morgan fingerprint density at radius 1 is 1.59 bits per heavy atom. The van der Waals surface area contributed by atoms with Gasteiger partial charge in [0.2, 0.25) is 0 Å². The van der Waals surface area contributed by atoms with Crippen LogP contribution in [-0.4, -0.2) is 36.5 Å². The summed E-state index contributed by atoms with van der Waals surface area (Å²) in [5, 5.41) is 2.91. The monoisotopic (exact) mass is 244 g/mol. The Kier molecular flexibility index (Phi) is 4.38. The maximum absolute atomic E-state index is 11.8. The van der Waals surface area contributed by atoms with Crippen LogP contribution in [0.5, 0.6) is 0 Å². The molecule has 17 heavy (non-hydrogen) atoms. The van der Waals surface area contributed by atoms with Gasteiger partial charge >= 0.3 is 6.09 Å². The van der Waals surface area contributed by atoms with Gasteiger partial charge in [-0.1, -0.05) is 0 Å².